The van der Waals surface area contributed by atoms with Gasteiger partial charge in [0.25, 0.3) is 0 Å². The molecule has 1 aromatic heterocycles. The van der Waals surface area contributed by atoms with Gasteiger partial charge in [0.05, 0.1) is 36.4 Å². The molecule has 1 unspecified atom stereocenters. The number of carbonyl (C=O) groups excluding carboxylic acids is 2. The van der Waals surface area contributed by atoms with Gasteiger partial charge in [-0.05, 0) is 45.4 Å². The Morgan fingerprint density at radius 1 is 1.00 bits per heavy atom. The molecule has 1 atom stereocenters. The SMILES string of the molecule is Cc1nn(-c2ccccc2)c(C)c1CC(=O)NC(CC(=O)OC(C)C)c1ccccc1. The number of nitrogens with one attached hydrogen (secondary N) is 1. The van der Waals surface area contributed by atoms with Crippen molar-refractivity contribution in [2.45, 2.75) is 52.7 Å². The smallest absolute Gasteiger partial charge is 0.308 e. The molecule has 0 aliphatic heterocycles. The predicted octanol–water partition coefficient (Wildman–Crippen LogP) is 4.23. The van der Waals surface area contributed by atoms with E-state index in [0.717, 1.165) is 28.2 Å². The first-order valence-electron chi connectivity index (χ1n) is 10.5. The normalized spacial score (nSPS) is 11.9. The lowest BCUT2D eigenvalue weighted by Gasteiger charge is -2.19. The van der Waals surface area contributed by atoms with Crippen LogP contribution in [0.4, 0.5) is 0 Å². The molecule has 0 fully saturated rings. The standard InChI is InChI=1S/C25H29N3O3/c1-17(2)31-25(30)16-23(20-11-7-5-8-12-20)26-24(29)15-22-18(3)27-28(19(22)4)21-13-9-6-10-14-21/h5-14,17,23H,15-16H2,1-4H3,(H,26,29). The van der Waals surface area contributed by atoms with Crippen LogP contribution in [0.15, 0.2) is 60.7 Å². The van der Waals surface area contributed by atoms with Crippen molar-refractivity contribution in [3.63, 3.8) is 0 Å². The fraction of sp³-hybridized carbons (Fsp3) is 0.320. The molecule has 0 aliphatic rings. The number of hydrogen-bond donors (Lipinski definition) is 1. The first-order valence-corrected chi connectivity index (χ1v) is 10.5. The average molecular weight is 420 g/mol. The molecule has 31 heavy (non-hydrogen) atoms. The van der Waals surface area contributed by atoms with Gasteiger partial charge >= 0.3 is 5.97 Å². The van der Waals surface area contributed by atoms with E-state index < -0.39 is 6.04 Å². The van der Waals surface area contributed by atoms with Crippen LogP contribution in [0.25, 0.3) is 5.69 Å². The minimum absolute atomic E-state index is 0.0785. The van der Waals surface area contributed by atoms with Crippen LogP contribution in [0.2, 0.25) is 0 Å². The number of benzene rings is 2. The summed E-state index contributed by atoms with van der Waals surface area (Å²) in [5.41, 5.74) is 4.44. The molecular weight excluding hydrogens is 390 g/mol. The van der Waals surface area contributed by atoms with Crippen molar-refractivity contribution < 1.29 is 14.3 Å². The number of ether oxygens (including phenoxy) is 1. The quantitative estimate of drug-likeness (QED) is 0.555. The van der Waals surface area contributed by atoms with Crippen molar-refractivity contribution in [1.29, 1.82) is 0 Å². The summed E-state index contributed by atoms with van der Waals surface area (Å²) in [5.74, 6) is -0.501. The molecule has 0 radical (unpaired) electrons. The lowest BCUT2D eigenvalue weighted by Crippen LogP contribution is -2.32. The number of aryl methyl sites for hydroxylation is 1. The predicted molar refractivity (Wildman–Crippen MR) is 120 cm³/mol. The third kappa shape index (κ3) is 5.81. The minimum Gasteiger partial charge on any atom is -0.463 e. The average Bonchev–Trinajstić information content (AvgIpc) is 3.02. The molecule has 2 aromatic carbocycles. The van der Waals surface area contributed by atoms with Gasteiger partial charge in [-0.15, -0.1) is 0 Å². The van der Waals surface area contributed by atoms with E-state index in [1.54, 1.807) is 0 Å². The fourth-order valence-corrected chi connectivity index (χ4v) is 3.57. The van der Waals surface area contributed by atoms with E-state index >= 15 is 0 Å². The number of rotatable bonds is 8. The first kappa shape index (κ1) is 22.3. The number of carbonyl (C=O) groups is 2. The molecule has 0 saturated carbocycles. The van der Waals surface area contributed by atoms with Crippen molar-refractivity contribution in [1.82, 2.24) is 15.1 Å². The second-order valence-electron chi connectivity index (χ2n) is 7.85. The Labute approximate surface area is 183 Å². The molecule has 3 rings (SSSR count). The van der Waals surface area contributed by atoms with Crippen LogP contribution in [-0.2, 0) is 20.7 Å². The molecule has 3 aromatic rings. The number of aromatic nitrogens is 2. The third-order valence-electron chi connectivity index (χ3n) is 5.05. The van der Waals surface area contributed by atoms with Crippen LogP contribution in [-0.4, -0.2) is 27.8 Å². The molecule has 1 amide bonds. The number of esters is 1. The van der Waals surface area contributed by atoms with Gasteiger partial charge in [0.2, 0.25) is 5.91 Å². The number of nitrogens with zero attached hydrogens (tertiary/aromatic N) is 2. The van der Waals surface area contributed by atoms with Crippen molar-refractivity contribution in [2.24, 2.45) is 0 Å². The lowest BCUT2D eigenvalue weighted by atomic mass is 10.0. The van der Waals surface area contributed by atoms with E-state index in [0.29, 0.717) is 0 Å². The van der Waals surface area contributed by atoms with Crippen LogP contribution in [0.5, 0.6) is 0 Å². The lowest BCUT2D eigenvalue weighted by molar-refractivity contribution is -0.148. The Morgan fingerprint density at radius 3 is 2.23 bits per heavy atom. The molecule has 0 bridgehead atoms. The second-order valence-corrected chi connectivity index (χ2v) is 7.85. The monoisotopic (exact) mass is 419 g/mol. The summed E-state index contributed by atoms with van der Waals surface area (Å²) in [6.45, 7) is 7.49. The summed E-state index contributed by atoms with van der Waals surface area (Å²) in [7, 11) is 0. The van der Waals surface area contributed by atoms with Gasteiger partial charge in [-0.2, -0.15) is 5.10 Å². The van der Waals surface area contributed by atoms with E-state index in [9.17, 15) is 9.59 Å². The van der Waals surface area contributed by atoms with E-state index in [1.165, 1.54) is 0 Å². The van der Waals surface area contributed by atoms with E-state index in [4.69, 9.17) is 4.74 Å². The van der Waals surface area contributed by atoms with Gasteiger partial charge in [0.1, 0.15) is 0 Å². The highest BCUT2D eigenvalue weighted by Crippen LogP contribution is 2.21. The summed E-state index contributed by atoms with van der Waals surface area (Å²) in [6, 6.07) is 18.9. The molecule has 0 aliphatic carbocycles. The topological polar surface area (TPSA) is 73.2 Å². The van der Waals surface area contributed by atoms with E-state index in [1.807, 2.05) is 93.0 Å². The Bertz CT molecular complexity index is 1030. The number of amides is 1. The highest BCUT2D eigenvalue weighted by Gasteiger charge is 2.22. The van der Waals surface area contributed by atoms with Gasteiger partial charge in [0.15, 0.2) is 0 Å². The number of hydrogen-bond acceptors (Lipinski definition) is 4. The highest BCUT2D eigenvalue weighted by atomic mass is 16.5. The Hall–Kier alpha value is -3.41. The second kappa shape index (κ2) is 10.1. The summed E-state index contributed by atoms with van der Waals surface area (Å²) in [6.07, 6.45) is 0.0659. The summed E-state index contributed by atoms with van der Waals surface area (Å²) in [4.78, 5) is 25.2. The summed E-state index contributed by atoms with van der Waals surface area (Å²) >= 11 is 0. The van der Waals surface area contributed by atoms with Gasteiger partial charge in [-0.25, -0.2) is 4.68 Å². The zero-order chi connectivity index (χ0) is 22.4. The zero-order valence-corrected chi connectivity index (χ0v) is 18.5. The Morgan fingerprint density at radius 2 is 1.61 bits per heavy atom. The molecule has 162 valence electrons. The van der Waals surface area contributed by atoms with E-state index in [2.05, 4.69) is 10.4 Å². The largest absolute Gasteiger partial charge is 0.463 e. The van der Waals surface area contributed by atoms with Crippen LogP contribution in [0.3, 0.4) is 0 Å². The number of para-hydroxylation sites is 1. The maximum atomic E-state index is 12.9. The minimum atomic E-state index is -0.454. The van der Waals surface area contributed by atoms with Crippen LogP contribution in [0.1, 0.15) is 48.8 Å². The molecule has 6 heteroatoms. The van der Waals surface area contributed by atoms with Gasteiger partial charge < -0.3 is 10.1 Å². The third-order valence-corrected chi connectivity index (χ3v) is 5.05. The summed E-state index contributed by atoms with van der Waals surface area (Å²) in [5, 5.41) is 7.63. The summed E-state index contributed by atoms with van der Waals surface area (Å²) < 4.78 is 7.14. The molecule has 1 heterocycles. The first-order chi connectivity index (χ1) is 14.8. The Kier molecular flexibility index (Phi) is 7.23. The molecule has 0 saturated heterocycles. The van der Waals surface area contributed by atoms with Gasteiger partial charge in [-0.3, -0.25) is 9.59 Å². The maximum Gasteiger partial charge on any atom is 0.308 e. The molecular formula is C25H29N3O3. The molecule has 6 nitrogen and oxygen atoms in total. The van der Waals surface area contributed by atoms with Gasteiger partial charge in [-0.1, -0.05) is 48.5 Å². The van der Waals surface area contributed by atoms with Crippen molar-refractivity contribution in [3.05, 3.63) is 83.2 Å². The highest BCUT2D eigenvalue weighted by molar-refractivity contribution is 5.80. The van der Waals surface area contributed by atoms with E-state index in [-0.39, 0.29) is 30.8 Å². The van der Waals surface area contributed by atoms with Crippen LogP contribution < -0.4 is 5.32 Å². The van der Waals surface area contributed by atoms with Crippen molar-refractivity contribution in [2.75, 3.05) is 0 Å². The maximum absolute atomic E-state index is 12.9. The van der Waals surface area contributed by atoms with Crippen LogP contribution >= 0.6 is 0 Å². The van der Waals surface area contributed by atoms with Crippen LogP contribution in [0, 0.1) is 13.8 Å². The van der Waals surface area contributed by atoms with Gasteiger partial charge in [0, 0.05) is 11.3 Å². The molecule has 0 spiro atoms. The zero-order valence-electron chi connectivity index (χ0n) is 18.5. The molecule has 1 N–H and O–H groups in total. The Balaban J connectivity index is 1.77. The van der Waals surface area contributed by atoms with Crippen molar-refractivity contribution >= 4 is 11.9 Å². The van der Waals surface area contributed by atoms with Crippen molar-refractivity contribution in [3.8, 4) is 5.69 Å². The fourth-order valence-electron chi connectivity index (χ4n) is 3.57.